The molecule has 3 rings (SSSR count). The highest BCUT2D eigenvalue weighted by Gasteiger charge is 2.37. The number of H-pyrrole nitrogens is 1. The summed E-state index contributed by atoms with van der Waals surface area (Å²) >= 11 is 0. The van der Waals surface area contributed by atoms with Crippen LogP contribution >= 0.6 is 0 Å². The van der Waals surface area contributed by atoms with Crippen molar-refractivity contribution in [3.8, 4) is 0 Å². The number of rotatable bonds is 0. The first kappa shape index (κ1) is 8.24. The van der Waals surface area contributed by atoms with Gasteiger partial charge in [0.1, 0.15) is 0 Å². The van der Waals surface area contributed by atoms with Crippen molar-refractivity contribution in [1.29, 1.82) is 0 Å². The molecule has 1 aromatic heterocycles. The first-order valence-corrected chi connectivity index (χ1v) is 5.20. The van der Waals surface area contributed by atoms with Crippen LogP contribution in [0.15, 0.2) is 16.9 Å². The summed E-state index contributed by atoms with van der Waals surface area (Å²) in [5, 5.41) is 0. The van der Waals surface area contributed by atoms with E-state index in [0.29, 0.717) is 12.1 Å². The minimum Gasteiger partial charge on any atom is -0.326 e. The number of likely N-dealkylation sites (N-methyl/N-ethyl adjacent to an activating group) is 1. The Hall–Kier alpha value is -1.09. The van der Waals surface area contributed by atoms with E-state index in [2.05, 4.69) is 16.9 Å². The van der Waals surface area contributed by atoms with Gasteiger partial charge in [0.2, 0.25) is 5.56 Å². The summed E-state index contributed by atoms with van der Waals surface area (Å²) in [7, 11) is 2.19. The van der Waals surface area contributed by atoms with Crippen LogP contribution in [0.1, 0.15) is 30.1 Å². The van der Waals surface area contributed by atoms with Crippen LogP contribution in [-0.2, 0) is 6.42 Å². The fraction of sp³-hybridized carbons (Fsp3) is 0.545. The normalized spacial score (nSPS) is 30.4. The van der Waals surface area contributed by atoms with Gasteiger partial charge in [-0.15, -0.1) is 0 Å². The molecule has 74 valence electrons. The molecule has 2 aliphatic heterocycles. The second kappa shape index (κ2) is 2.70. The molecule has 2 atom stereocenters. The summed E-state index contributed by atoms with van der Waals surface area (Å²) in [6.07, 6.45) is 3.51. The molecule has 1 saturated heterocycles. The lowest BCUT2D eigenvalue weighted by molar-refractivity contribution is 0.222. The number of nitrogens with one attached hydrogen (secondary N) is 1. The van der Waals surface area contributed by atoms with Gasteiger partial charge in [0.15, 0.2) is 0 Å². The number of hydrogen-bond donors (Lipinski definition) is 1. The Balaban J connectivity index is 2.16. The lowest BCUT2D eigenvalue weighted by atomic mass is 9.99. The number of aromatic amines is 1. The first-order valence-electron chi connectivity index (χ1n) is 5.20. The fourth-order valence-electron chi connectivity index (χ4n) is 2.88. The highest BCUT2D eigenvalue weighted by atomic mass is 16.1. The second-order valence-electron chi connectivity index (χ2n) is 4.37. The molecule has 3 heterocycles. The van der Waals surface area contributed by atoms with Gasteiger partial charge in [0.25, 0.3) is 0 Å². The average Bonchev–Trinajstić information content (AvgIpc) is 2.44. The maximum Gasteiger partial charge on any atom is 0.248 e. The van der Waals surface area contributed by atoms with E-state index in [1.165, 1.54) is 24.1 Å². The van der Waals surface area contributed by atoms with Crippen molar-refractivity contribution < 1.29 is 0 Å². The Labute approximate surface area is 82.8 Å². The molecule has 0 aromatic carbocycles. The molecule has 0 spiro atoms. The second-order valence-corrected chi connectivity index (χ2v) is 4.37. The maximum atomic E-state index is 11.2. The number of aromatic nitrogens is 1. The molecule has 0 unspecified atom stereocenters. The third-order valence-corrected chi connectivity index (χ3v) is 3.68. The summed E-state index contributed by atoms with van der Waals surface area (Å²) in [5.74, 6) is 0. The third kappa shape index (κ3) is 0.989. The lowest BCUT2D eigenvalue weighted by Gasteiger charge is -2.32. The van der Waals surface area contributed by atoms with Crippen LogP contribution < -0.4 is 5.56 Å². The number of hydrogen-bond acceptors (Lipinski definition) is 2. The molecule has 0 radical (unpaired) electrons. The van der Waals surface area contributed by atoms with Crippen LogP contribution in [0.4, 0.5) is 0 Å². The van der Waals surface area contributed by atoms with Gasteiger partial charge in [-0.1, -0.05) is 6.07 Å². The van der Waals surface area contributed by atoms with Crippen LogP contribution in [0.2, 0.25) is 0 Å². The van der Waals surface area contributed by atoms with Gasteiger partial charge in [0, 0.05) is 30.3 Å². The van der Waals surface area contributed by atoms with Gasteiger partial charge in [-0.2, -0.15) is 0 Å². The minimum atomic E-state index is 0.0349. The summed E-state index contributed by atoms with van der Waals surface area (Å²) < 4.78 is 0. The fourth-order valence-corrected chi connectivity index (χ4v) is 2.88. The first-order chi connectivity index (χ1) is 6.75. The number of nitrogens with zero attached hydrogens (tertiary/aromatic N) is 1. The van der Waals surface area contributed by atoms with Gasteiger partial charge >= 0.3 is 0 Å². The van der Waals surface area contributed by atoms with Crippen LogP contribution in [0, 0.1) is 0 Å². The van der Waals surface area contributed by atoms with E-state index >= 15 is 0 Å². The van der Waals surface area contributed by atoms with Crippen molar-refractivity contribution in [1.82, 2.24) is 9.88 Å². The van der Waals surface area contributed by atoms with E-state index in [1.807, 2.05) is 6.07 Å². The van der Waals surface area contributed by atoms with Gasteiger partial charge in [-0.25, -0.2) is 0 Å². The van der Waals surface area contributed by atoms with Crippen molar-refractivity contribution in [2.75, 3.05) is 7.05 Å². The third-order valence-electron chi connectivity index (χ3n) is 3.68. The van der Waals surface area contributed by atoms with Crippen molar-refractivity contribution in [3.05, 3.63) is 33.7 Å². The summed E-state index contributed by atoms with van der Waals surface area (Å²) in [4.78, 5) is 16.6. The van der Waals surface area contributed by atoms with Crippen molar-refractivity contribution >= 4 is 0 Å². The lowest BCUT2D eigenvalue weighted by Crippen LogP contribution is -2.35. The Morgan fingerprint density at radius 1 is 1.43 bits per heavy atom. The van der Waals surface area contributed by atoms with Crippen LogP contribution in [0.25, 0.3) is 0 Å². The zero-order valence-corrected chi connectivity index (χ0v) is 8.29. The summed E-state index contributed by atoms with van der Waals surface area (Å²) in [6.45, 7) is 0. The molecule has 3 heteroatoms. The van der Waals surface area contributed by atoms with Gasteiger partial charge in [0.05, 0.1) is 0 Å². The molecule has 1 aromatic rings. The maximum absolute atomic E-state index is 11.2. The summed E-state index contributed by atoms with van der Waals surface area (Å²) in [6, 6.07) is 4.83. The van der Waals surface area contributed by atoms with Gasteiger partial charge < -0.3 is 4.98 Å². The van der Waals surface area contributed by atoms with E-state index in [9.17, 15) is 4.79 Å². The zero-order valence-electron chi connectivity index (χ0n) is 8.29. The highest BCUT2D eigenvalue weighted by Crippen LogP contribution is 2.41. The molecular weight excluding hydrogens is 176 g/mol. The SMILES string of the molecule is CN1[C@H]2CC[C@H]1c1ccc(=O)[nH]c1C2. The van der Waals surface area contributed by atoms with Crippen LogP contribution in [-0.4, -0.2) is 23.0 Å². The zero-order chi connectivity index (χ0) is 9.71. The monoisotopic (exact) mass is 190 g/mol. The van der Waals surface area contributed by atoms with E-state index < -0.39 is 0 Å². The predicted molar refractivity (Wildman–Crippen MR) is 54.3 cm³/mol. The van der Waals surface area contributed by atoms with Crippen molar-refractivity contribution in [2.45, 2.75) is 31.3 Å². The Bertz CT molecular complexity index is 424. The largest absolute Gasteiger partial charge is 0.326 e. The van der Waals surface area contributed by atoms with E-state index in [0.717, 1.165) is 6.42 Å². The molecule has 2 bridgehead atoms. The predicted octanol–water partition coefficient (Wildman–Crippen LogP) is 1.07. The van der Waals surface area contributed by atoms with Crippen LogP contribution in [0.5, 0.6) is 0 Å². The highest BCUT2D eigenvalue weighted by molar-refractivity contribution is 5.29. The average molecular weight is 190 g/mol. The van der Waals surface area contributed by atoms with Gasteiger partial charge in [-0.05, 0) is 25.5 Å². The Kier molecular flexibility index (Phi) is 1.59. The Morgan fingerprint density at radius 2 is 2.29 bits per heavy atom. The Morgan fingerprint density at radius 3 is 3.14 bits per heavy atom. The standard InChI is InChI=1S/C11H14N2O/c1-13-7-2-4-10(13)8-3-5-11(14)12-9(8)6-7/h3,5,7,10H,2,4,6H2,1H3,(H,12,14)/t7-,10-/m0/s1. The number of pyridine rings is 1. The molecule has 2 aliphatic rings. The molecule has 1 fully saturated rings. The minimum absolute atomic E-state index is 0.0349. The molecule has 14 heavy (non-hydrogen) atoms. The van der Waals surface area contributed by atoms with E-state index in [1.54, 1.807) is 6.07 Å². The molecule has 1 N–H and O–H groups in total. The van der Waals surface area contributed by atoms with Crippen LogP contribution in [0.3, 0.4) is 0 Å². The summed E-state index contributed by atoms with van der Waals surface area (Å²) in [5.41, 5.74) is 2.54. The van der Waals surface area contributed by atoms with Gasteiger partial charge in [-0.3, -0.25) is 9.69 Å². The van der Waals surface area contributed by atoms with E-state index in [-0.39, 0.29) is 5.56 Å². The topological polar surface area (TPSA) is 36.1 Å². The number of fused-ring (bicyclic) bond motifs is 4. The molecule has 0 amide bonds. The molecule has 0 saturated carbocycles. The molecular formula is C11H14N2O. The van der Waals surface area contributed by atoms with E-state index in [4.69, 9.17) is 0 Å². The molecule has 3 nitrogen and oxygen atoms in total. The molecule has 0 aliphatic carbocycles. The smallest absolute Gasteiger partial charge is 0.248 e. The quantitative estimate of drug-likeness (QED) is 0.664. The van der Waals surface area contributed by atoms with Crippen molar-refractivity contribution in [2.24, 2.45) is 0 Å². The van der Waals surface area contributed by atoms with Crippen molar-refractivity contribution in [3.63, 3.8) is 0 Å².